The van der Waals surface area contributed by atoms with Gasteiger partial charge in [-0.3, -0.25) is 4.79 Å². The molecule has 1 aromatic carbocycles. The molecule has 1 amide bonds. The van der Waals surface area contributed by atoms with Crippen molar-refractivity contribution in [3.63, 3.8) is 0 Å². The van der Waals surface area contributed by atoms with Crippen molar-refractivity contribution in [2.45, 2.75) is 32.6 Å². The van der Waals surface area contributed by atoms with Crippen LogP contribution in [0.15, 0.2) is 18.2 Å². The van der Waals surface area contributed by atoms with E-state index < -0.39 is 0 Å². The normalized spacial score (nSPS) is 16.3. The molecule has 3 rings (SSSR count). The van der Waals surface area contributed by atoms with Gasteiger partial charge in [-0.1, -0.05) is 36.5 Å². The largest absolute Gasteiger partial charge is 0.312 e. The number of halogens is 2. The number of carbonyl (C=O) groups is 1. The number of nitrogens with zero attached hydrogens (tertiary/aromatic N) is 1. The molecule has 0 fully saturated rings. The van der Waals surface area contributed by atoms with Crippen LogP contribution in [0.5, 0.6) is 0 Å². The van der Waals surface area contributed by atoms with Crippen LogP contribution in [0, 0.1) is 17.2 Å². The lowest BCUT2D eigenvalue weighted by Crippen LogP contribution is -2.12. The first kappa shape index (κ1) is 17.3. The fourth-order valence-electron chi connectivity index (χ4n) is 3.02. The molecule has 0 aliphatic heterocycles. The van der Waals surface area contributed by atoms with Gasteiger partial charge in [0.25, 0.3) is 5.91 Å². The Balaban J connectivity index is 1.87. The van der Waals surface area contributed by atoms with E-state index in [1.807, 2.05) is 0 Å². The standard InChI is InChI=1S/C18H16Cl2N2OS/c1-2-10-3-5-12-13(9-21)18(24-16(12)7-10)22-17(23)11-4-6-14(19)15(20)8-11/h4,6,8,10H,2-3,5,7H2,1H3,(H,22,23). The van der Waals surface area contributed by atoms with Crippen LogP contribution in [0.3, 0.4) is 0 Å². The van der Waals surface area contributed by atoms with E-state index in [0.29, 0.717) is 32.1 Å². The predicted molar refractivity (Wildman–Crippen MR) is 99.3 cm³/mol. The van der Waals surface area contributed by atoms with Crippen LogP contribution in [0.2, 0.25) is 10.0 Å². The summed E-state index contributed by atoms with van der Waals surface area (Å²) < 4.78 is 0. The summed E-state index contributed by atoms with van der Waals surface area (Å²) in [4.78, 5) is 13.7. The van der Waals surface area contributed by atoms with Crippen LogP contribution in [-0.4, -0.2) is 5.91 Å². The summed E-state index contributed by atoms with van der Waals surface area (Å²) in [6, 6.07) is 7.01. The Morgan fingerprint density at radius 2 is 2.21 bits per heavy atom. The third-order valence-corrected chi connectivity index (χ3v) is 6.37. The Hall–Kier alpha value is -1.54. The molecule has 1 aliphatic carbocycles. The lowest BCUT2D eigenvalue weighted by atomic mass is 9.86. The second-order valence-electron chi connectivity index (χ2n) is 5.92. The summed E-state index contributed by atoms with van der Waals surface area (Å²) >= 11 is 13.4. The quantitative estimate of drug-likeness (QED) is 0.744. The number of hydrogen-bond acceptors (Lipinski definition) is 3. The van der Waals surface area contributed by atoms with Gasteiger partial charge in [-0.25, -0.2) is 0 Å². The smallest absolute Gasteiger partial charge is 0.256 e. The van der Waals surface area contributed by atoms with E-state index in [4.69, 9.17) is 23.2 Å². The molecule has 0 saturated heterocycles. The molecule has 0 bridgehead atoms. The highest BCUT2D eigenvalue weighted by atomic mass is 35.5. The highest BCUT2D eigenvalue weighted by Gasteiger charge is 2.26. The van der Waals surface area contributed by atoms with Crippen molar-refractivity contribution in [2.24, 2.45) is 5.92 Å². The average molecular weight is 379 g/mol. The van der Waals surface area contributed by atoms with Crippen molar-refractivity contribution < 1.29 is 4.79 Å². The summed E-state index contributed by atoms with van der Waals surface area (Å²) in [7, 11) is 0. The molecule has 1 N–H and O–H groups in total. The highest BCUT2D eigenvalue weighted by Crippen LogP contribution is 2.40. The van der Waals surface area contributed by atoms with Crippen LogP contribution >= 0.6 is 34.5 Å². The van der Waals surface area contributed by atoms with Gasteiger partial charge < -0.3 is 5.32 Å². The molecular weight excluding hydrogens is 363 g/mol. The summed E-state index contributed by atoms with van der Waals surface area (Å²) in [5.74, 6) is 0.386. The molecule has 1 aromatic heterocycles. The number of thiophene rings is 1. The molecule has 0 radical (unpaired) electrons. The summed E-state index contributed by atoms with van der Waals surface area (Å²) in [5.41, 5.74) is 2.14. The molecule has 1 atom stereocenters. The number of hydrogen-bond donors (Lipinski definition) is 1. The van der Waals surface area contributed by atoms with E-state index >= 15 is 0 Å². The predicted octanol–water partition coefficient (Wildman–Crippen LogP) is 5.69. The molecule has 0 saturated carbocycles. The van der Waals surface area contributed by atoms with Gasteiger partial charge in [-0.05, 0) is 48.9 Å². The Morgan fingerprint density at radius 3 is 2.88 bits per heavy atom. The molecule has 3 nitrogen and oxygen atoms in total. The number of nitrogens with one attached hydrogen (secondary N) is 1. The first-order chi connectivity index (χ1) is 11.5. The average Bonchev–Trinajstić information content (AvgIpc) is 2.93. The molecular formula is C18H16Cl2N2OS. The molecule has 2 aromatic rings. The zero-order valence-corrected chi connectivity index (χ0v) is 15.5. The SMILES string of the molecule is CCC1CCc2c(sc(NC(=O)c3ccc(Cl)c(Cl)c3)c2C#N)C1. The van der Waals surface area contributed by atoms with E-state index in [2.05, 4.69) is 18.3 Å². The summed E-state index contributed by atoms with van der Waals surface area (Å²) in [6.07, 6.45) is 4.16. The van der Waals surface area contributed by atoms with Gasteiger partial charge in [0.05, 0.1) is 15.6 Å². The molecule has 1 unspecified atom stereocenters. The molecule has 124 valence electrons. The molecule has 0 spiro atoms. The van der Waals surface area contributed by atoms with Gasteiger partial charge in [0.2, 0.25) is 0 Å². The highest BCUT2D eigenvalue weighted by molar-refractivity contribution is 7.16. The van der Waals surface area contributed by atoms with Gasteiger partial charge in [-0.2, -0.15) is 5.26 Å². The van der Waals surface area contributed by atoms with E-state index in [0.717, 1.165) is 31.2 Å². The Kier molecular flexibility index (Phi) is 5.15. The summed E-state index contributed by atoms with van der Waals surface area (Å²) in [6.45, 7) is 2.20. The molecule has 1 heterocycles. The van der Waals surface area contributed by atoms with Crippen molar-refractivity contribution >= 4 is 45.4 Å². The molecule has 24 heavy (non-hydrogen) atoms. The number of anilines is 1. The van der Waals surface area contributed by atoms with Gasteiger partial charge in [0, 0.05) is 10.4 Å². The Labute approximate surface area is 155 Å². The second-order valence-corrected chi connectivity index (χ2v) is 7.84. The van der Waals surface area contributed by atoms with Crippen molar-refractivity contribution in [3.05, 3.63) is 49.8 Å². The number of carbonyl (C=O) groups excluding carboxylic acids is 1. The number of fused-ring (bicyclic) bond motifs is 1. The molecule has 6 heteroatoms. The Morgan fingerprint density at radius 1 is 1.42 bits per heavy atom. The maximum atomic E-state index is 12.5. The van der Waals surface area contributed by atoms with Crippen LogP contribution in [0.25, 0.3) is 0 Å². The number of benzene rings is 1. The van der Waals surface area contributed by atoms with Crippen molar-refractivity contribution in [2.75, 3.05) is 5.32 Å². The third kappa shape index (κ3) is 3.30. The number of nitriles is 1. The Bertz CT molecular complexity index is 838. The first-order valence-corrected chi connectivity index (χ1v) is 9.41. The fourth-order valence-corrected chi connectivity index (χ4v) is 4.63. The molecule has 1 aliphatic rings. The zero-order chi connectivity index (χ0) is 17.3. The van der Waals surface area contributed by atoms with Gasteiger partial charge in [-0.15, -0.1) is 11.3 Å². The van der Waals surface area contributed by atoms with E-state index in [9.17, 15) is 10.1 Å². The fraction of sp³-hybridized carbons (Fsp3) is 0.333. The minimum atomic E-state index is -0.282. The second kappa shape index (κ2) is 7.14. The van der Waals surface area contributed by atoms with Crippen LogP contribution < -0.4 is 5.32 Å². The minimum Gasteiger partial charge on any atom is -0.312 e. The number of rotatable bonds is 3. The van der Waals surface area contributed by atoms with E-state index in [1.165, 1.54) is 22.3 Å². The lowest BCUT2D eigenvalue weighted by Gasteiger charge is -2.20. The maximum Gasteiger partial charge on any atom is 0.256 e. The van der Waals surface area contributed by atoms with Crippen LogP contribution in [0.1, 0.15) is 46.1 Å². The summed E-state index contributed by atoms with van der Waals surface area (Å²) in [5, 5.41) is 13.8. The van der Waals surface area contributed by atoms with Gasteiger partial charge >= 0.3 is 0 Å². The van der Waals surface area contributed by atoms with Crippen molar-refractivity contribution in [1.29, 1.82) is 5.26 Å². The zero-order valence-electron chi connectivity index (χ0n) is 13.2. The van der Waals surface area contributed by atoms with E-state index in [1.54, 1.807) is 12.1 Å². The van der Waals surface area contributed by atoms with Crippen LogP contribution in [0.4, 0.5) is 5.00 Å². The topological polar surface area (TPSA) is 52.9 Å². The van der Waals surface area contributed by atoms with E-state index in [-0.39, 0.29) is 5.91 Å². The lowest BCUT2D eigenvalue weighted by molar-refractivity contribution is 0.102. The van der Waals surface area contributed by atoms with Crippen molar-refractivity contribution in [1.82, 2.24) is 0 Å². The van der Waals surface area contributed by atoms with Crippen molar-refractivity contribution in [3.8, 4) is 6.07 Å². The first-order valence-electron chi connectivity index (χ1n) is 7.84. The number of amides is 1. The maximum absolute atomic E-state index is 12.5. The minimum absolute atomic E-state index is 0.282. The van der Waals surface area contributed by atoms with Gasteiger partial charge in [0.1, 0.15) is 11.1 Å². The monoisotopic (exact) mass is 378 g/mol. The third-order valence-electron chi connectivity index (χ3n) is 4.47. The van der Waals surface area contributed by atoms with Gasteiger partial charge in [0.15, 0.2) is 0 Å². The van der Waals surface area contributed by atoms with Crippen LogP contribution in [-0.2, 0) is 12.8 Å².